The summed E-state index contributed by atoms with van der Waals surface area (Å²) in [6, 6.07) is 9.02. The number of carbonyl (C=O) groups is 1. The van der Waals surface area contributed by atoms with E-state index in [0.717, 1.165) is 11.6 Å². The Morgan fingerprint density at radius 2 is 1.70 bits per heavy atom. The molecule has 0 aromatic heterocycles. The Kier molecular flexibility index (Phi) is 4.35. The topological polar surface area (TPSA) is 29.1 Å². The third-order valence-electron chi connectivity index (χ3n) is 2.89. The van der Waals surface area contributed by atoms with E-state index < -0.39 is 11.7 Å². The van der Waals surface area contributed by atoms with Gasteiger partial charge in [-0.25, -0.2) is 8.78 Å². The zero-order valence-corrected chi connectivity index (χ0v) is 11.4. The van der Waals surface area contributed by atoms with Crippen molar-refractivity contribution in [3.63, 3.8) is 0 Å². The molecule has 1 unspecified atom stereocenters. The first kappa shape index (κ1) is 14.5. The Morgan fingerprint density at radius 3 is 2.35 bits per heavy atom. The van der Waals surface area contributed by atoms with E-state index in [4.69, 9.17) is 11.6 Å². The van der Waals surface area contributed by atoms with Crippen molar-refractivity contribution in [3.05, 3.63) is 70.2 Å². The minimum Gasteiger partial charge on any atom is -0.345 e. The van der Waals surface area contributed by atoms with Gasteiger partial charge in [0, 0.05) is 0 Å². The van der Waals surface area contributed by atoms with Crippen LogP contribution in [-0.2, 0) is 0 Å². The van der Waals surface area contributed by atoms with E-state index >= 15 is 0 Å². The van der Waals surface area contributed by atoms with Crippen molar-refractivity contribution < 1.29 is 13.6 Å². The quantitative estimate of drug-likeness (QED) is 0.907. The van der Waals surface area contributed by atoms with Gasteiger partial charge in [-0.05, 0) is 42.8 Å². The van der Waals surface area contributed by atoms with Crippen LogP contribution < -0.4 is 5.32 Å². The lowest BCUT2D eigenvalue weighted by Gasteiger charge is -2.15. The maximum atomic E-state index is 13.1. The zero-order chi connectivity index (χ0) is 14.7. The van der Waals surface area contributed by atoms with E-state index in [9.17, 15) is 13.6 Å². The summed E-state index contributed by atoms with van der Waals surface area (Å²) in [5.74, 6) is -1.36. The highest BCUT2D eigenvalue weighted by molar-refractivity contribution is 6.33. The lowest BCUT2D eigenvalue weighted by atomic mass is 10.1. The lowest BCUT2D eigenvalue weighted by Crippen LogP contribution is -2.27. The predicted octanol–water partition coefficient (Wildman–Crippen LogP) is 4.11. The van der Waals surface area contributed by atoms with Crippen LogP contribution >= 0.6 is 11.6 Å². The van der Waals surface area contributed by atoms with Crippen LogP contribution in [0.1, 0.15) is 28.9 Å². The molecule has 104 valence electrons. The second kappa shape index (κ2) is 6.01. The fraction of sp³-hybridized carbons (Fsp3) is 0.133. The molecule has 2 nitrogen and oxygen atoms in total. The van der Waals surface area contributed by atoms with E-state index in [1.54, 1.807) is 19.1 Å². The van der Waals surface area contributed by atoms with Crippen molar-refractivity contribution in [1.82, 2.24) is 5.32 Å². The highest BCUT2D eigenvalue weighted by Crippen LogP contribution is 2.19. The molecule has 5 heteroatoms. The molecule has 0 heterocycles. The molecule has 0 aliphatic rings. The third kappa shape index (κ3) is 3.33. The second-order valence-electron chi connectivity index (χ2n) is 4.37. The largest absolute Gasteiger partial charge is 0.345 e. The summed E-state index contributed by atoms with van der Waals surface area (Å²) in [5.41, 5.74) is 0.813. The standard InChI is InChI=1S/C15H12ClF2NO/c1-9(10-2-4-11(17)5-3-10)19-15(20)13-8-12(18)6-7-14(13)16/h2-9H,1H3,(H,19,20). The first-order valence-corrected chi connectivity index (χ1v) is 6.36. The monoisotopic (exact) mass is 295 g/mol. The highest BCUT2D eigenvalue weighted by atomic mass is 35.5. The normalized spacial score (nSPS) is 12.0. The van der Waals surface area contributed by atoms with Crippen molar-refractivity contribution in [2.45, 2.75) is 13.0 Å². The molecule has 0 saturated carbocycles. The van der Waals surface area contributed by atoms with Gasteiger partial charge in [0.2, 0.25) is 0 Å². The van der Waals surface area contributed by atoms with Crippen LogP contribution in [0.25, 0.3) is 0 Å². The Morgan fingerprint density at radius 1 is 1.10 bits per heavy atom. The average molecular weight is 296 g/mol. The first-order chi connectivity index (χ1) is 9.47. The number of hydrogen-bond acceptors (Lipinski definition) is 1. The number of hydrogen-bond donors (Lipinski definition) is 1. The van der Waals surface area contributed by atoms with Crippen LogP contribution in [0, 0.1) is 11.6 Å². The molecule has 20 heavy (non-hydrogen) atoms. The molecule has 0 saturated heterocycles. The summed E-state index contributed by atoms with van der Waals surface area (Å²) in [5, 5.41) is 2.86. The van der Waals surface area contributed by atoms with Crippen LogP contribution in [0.5, 0.6) is 0 Å². The number of rotatable bonds is 3. The summed E-state index contributed by atoms with van der Waals surface area (Å²) in [4.78, 5) is 12.0. The Hall–Kier alpha value is -1.94. The maximum absolute atomic E-state index is 13.1. The third-order valence-corrected chi connectivity index (χ3v) is 3.22. The highest BCUT2D eigenvalue weighted by Gasteiger charge is 2.15. The molecule has 1 N–H and O–H groups in total. The van der Waals surface area contributed by atoms with Crippen LogP contribution in [0.4, 0.5) is 8.78 Å². The minimum absolute atomic E-state index is 0.0700. The van der Waals surface area contributed by atoms with Gasteiger partial charge in [0.1, 0.15) is 11.6 Å². The molecule has 2 rings (SSSR count). The average Bonchev–Trinajstić information content (AvgIpc) is 2.42. The minimum atomic E-state index is -0.533. The Labute approximate surface area is 120 Å². The number of nitrogens with one attached hydrogen (secondary N) is 1. The molecule has 0 aliphatic heterocycles. The number of carbonyl (C=O) groups excluding carboxylic acids is 1. The smallest absolute Gasteiger partial charge is 0.253 e. The Bertz CT molecular complexity index is 628. The van der Waals surface area contributed by atoms with E-state index in [2.05, 4.69) is 5.32 Å². The van der Waals surface area contributed by atoms with Crippen LogP contribution in [0.3, 0.4) is 0 Å². The molecule has 0 fully saturated rings. The molecule has 0 aliphatic carbocycles. The molecule has 1 atom stereocenters. The van der Waals surface area contributed by atoms with E-state index in [1.807, 2.05) is 0 Å². The van der Waals surface area contributed by atoms with E-state index in [0.29, 0.717) is 0 Å². The maximum Gasteiger partial charge on any atom is 0.253 e. The van der Waals surface area contributed by atoms with Gasteiger partial charge >= 0.3 is 0 Å². The summed E-state index contributed by atoms with van der Waals surface area (Å²) in [6.45, 7) is 1.75. The number of amides is 1. The lowest BCUT2D eigenvalue weighted by molar-refractivity contribution is 0.0939. The van der Waals surface area contributed by atoms with Gasteiger partial charge in [-0.2, -0.15) is 0 Å². The fourth-order valence-corrected chi connectivity index (χ4v) is 1.98. The summed E-state index contributed by atoms with van der Waals surface area (Å²) < 4.78 is 26.0. The van der Waals surface area contributed by atoms with Crippen molar-refractivity contribution in [2.24, 2.45) is 0 Å². The zero-order valence-electron chi connectivity index (χ0n) is 10.7. The van der Waals surface area contributed by atoms with Gasteiger partial charge in [-0.15, -0.1) is 0 Å². The second-order valence-corrected chi connectivity index (χ2v) is 4.78. The van der Waals surface area contributed by atoms with Gasteiger partial charge in [0.05, 0.1) is 16.6 Å². The number of benzene rings is 2. The van der Waals surface area contributed by atoms with Crippen molar-refractivity contribution in [1.29, 1.82) is 0 Å². The van der Waals surface area contributed by atoms with Crippen molar-refractivity contribution in [3.8, 4) is 0 Å². The summed E-state index contributed by atoms with van der Waals surface area (Å²) in [6.07, 6.45) is 0. The molecular weight excluding hydrogens is 284 g/mol. The molecule has 0 spiro atoms. The van der Waals surface area contributed by atoms with Gasteiger partial charge < -0.3 is 5.32 Å². The van der Waals surface area contributed by atoms with Crippen LogP contribution in [0.2, 0.25) is 5.02 Å². The predicted molar refractivity (Wildman–Crippen MR) is 73.7 cm³/mol. The molecule has 0 radical (unpaired) electrons. The SMILES string of the molecule is CC(NC(=O)c1cc(F)ccc1Cl)c1ccc(F)cc1. The summed E-state index contributed by atoms with van der Waals surface area (Å²) >= 11 is 5.86. The van der Waals surface area contributed by atoms with Gasteiger partial charge in [-0.3, -0.25) is 4.79 Å². The summed E-state index contributed by atoms with van der Waals surface area (Å²) in [7, 11) is 0. The number of halogens is 3. The Balaban J connectivity index is 2.15. The molecule has 2 aromatic carbocycles. The van der Waals surface area contributed by atoms with Gasteiger partial charge in [-0.1, -0.05) is 23.7 Å². The van der Waals surface area contributed by atoms with Gasteiger partial charge in [0.15, 0.2) is 0 Å². The van der Waals surface area contributed by atoms with E-state index in [-0.39, 0.29) is 22.4 Å². The molecule has 0 bridgehead atoms. The fourth-order valence-electron chi connectivity index (χ4n) is 1.78. The molecular formula is C15H12ClF2NO. The van der Waals surface area contributed by atoms with E-state index in [1.165, 1.54) is 24.3 Å². The molecule has 2 aromatic rings. The van der Waals surface area contributed by atoms with Crippen LogP contribution in [0.15, 0.2) is 42.5 Å². The van der Waals surface area contributed by atoms with Crippen LogP contribution in [-0.4, -0.2) is 5.91 Å². The van der Waals surface area contributed by atoms with Gasteiger partial charge in [0.25, 0.3) is 5.91 Å². The van der Waals surface area contributed by atoms with Crippen molar-refractivity contribution in [2.75, 3.05) is 0 Å². The first-order valence-electron chi connectivity index (χ1n) is 5.99. The molecule has 1 amide bonds. The van der Waals surface area contributed by atoms with Crippen molar-refractivity contribution >= 4 is 17.5 Å².